The van der Waals surface area contributed by atoms with E-state index in [0.717, 1.165) is 25.7 Å². The smallest absolute Gasteiger partial charge is 0.411 e. The fourth-order valence-corrected chi connectivity index (χ4v) is 2.94. The number of hydrogen-bond donors (Lipinski definition) is 1. The third-order valence-corrected chi connectivity index (χ3v) is 4.10. The molecule has 1 amide bonds. The molecule has 1 N–H and O–H groups in total. The molecule has 0 aliphatic heterocycles. The van der Waals surface area contributed by atoms with Gasteiger partial charge in [0.05, 0.1) is 15.7 Å². The van der Waals surface area contributed by atoms with E-state index >= 15 is 0 Å². The van der Waals surface area contributed by atoms with Crippen LogP contribution in [-0.2, 0) is 4.74 Å². The Hall–Kier alpha value is -1.26. The van der Waals surface area contributed by atoms with Crippen LogP contribution in [0.2, 0.25) is 10.0 Å². The van der Waals surface area contributed by atoms with E-state index in [9.17, 15) is 9.59 Å². The van der Waals surface area contributed by atoms with Crippen molar-refractivity contribution in [3.05, 3.63) is 27.7 Å². The lowest BCUT2D eigenvalue weighted by molar-refractivity contribution is 0.0865. The SMILES string of the molecule is CC(=O)c1cc(Cl)c(NC(=O)OC2CCCCC2)c(Cl)c1. The molecular weight excluding hydrogens is 313 g/mol. The molecule has 0 spiro atoms. The van der Waals surface area contributed by atoms with Gasteiger partial charge >= 0.3 is 6.09 Å². The summed E-state index contributed by atoms with van der Waals surface area (Å²) in [5, 5.41) is 2.99. The van der Waals surface area contributed by atoms with Crippen LogP contribution in [0.5, 0.6) is 0 Å². The molecule has 0 bridgehead atoms. The quantitative estimate of drug-likeness (QED) is 0.787. The van der Waals surface area contributed by atoms with Crippen molar-refractivity contribution in [2.75, 3.05) is 5.32 Å². The number of ether oxygens (including phenoxy) is 1. The Labute approximate surface area is 133 Å². The van der Waals surface area contributed by atoms with Crippen LogP contribution in [0.25, 0.3) is 0 Å². The van der Waals surface area contributed by atoms with E-state index < -0.39 is 6.09 Å². The number of nitrogens with one attached hydrogen (secondary N) is 1. The third kappa shape index (κ3) is 4.35. The molecule has 0 saturated heterocycles. The van der Waals surface area contributed by atoms with E-state index in [1.807, 2.05) is 0 Å². The summed E-state index contributed by atoms with van der Waals surface area (Å²) in [5.41, 5.74) is 0.667. The van der Waals surface area contributed by atoms with Crippen molar-refractivity contribution < 1.29 is 14.3 Å². The van der Waals surface area contributed by atoms with E-state index in [2.05, 4.69) is 5.32 Å². The summed E-state index contributed by atoms with van der Waals surface area (Å²) in [6.07, 6.45) is 4.50. The van der Waals surface area contributed by atoms with Crippen LogP contribution in [0.3, 0.4) is 0 Å². The second-order valence-electron chi connectivity index (χ2n) is 5.16. The molecule has 0 unspecified atom stereocenters. The highest BCUT2D eigenvalue weighted by Crippen LogP contribution is 2.32. The zero-order valence-electron chi connectivity index (χ0n) is 11.7. The molecule has 1 aliphatic rings. The Balaban J connectivity index is 2.04. The highest BCUT2D eigenvalue weighted by molar-refractivity contribution is 6.40. The van der Waals surface area contributed by atoms with Gasteiger partial charge < -0.3 is 4.74 Å². The Morgan fingerprint density at radius 3 is 2.24 bits per heavy atom. The normalized spacial score (nSPS) is 15.6. The van der Waals surface area contributed by atoms with Crippen molar-refractivity contribution in [3.8, 4) is 0 Å². The second-order valence-corrected chi connectivity index (χ2v) is 5.98. The highest BCUT2D eigenvalue weighted by Gasteiger charge is 2.19. The van der Waals surface area contributed by atoms with Crippen LogP contribution in [-0.4, -0.2) is 18.0 Å². The predicted octanol–water partition coefficient (Wildman–Crippen LogP) is 5.08. The van der Waals surface area contributed by atoms with Gasteiger partial charge in [0, 0.05) is 5.56 Å². The van der Waals surface area contributed by atoms with Crippen molar-refractivity contribution in [1.29, 1.82) is 0 Å². The van der Waals surface area contributed by atoms with Crippen molar-refractivity contribution in [2.45, 2.75) is 45.1 Å². The van der Waals surface area contributed by atoms with E-state index in [0.29, 0.717) is 5.56 Å². The van der Waals surface area contributed by atoms with Crippen LogP contribution < -0.4 is 5.32 Å². The van der Waals surface area contributed by atoms with Gasteiger partial charge in [-0.1, -0.05) is 29.6 Å². The number of anilines is 1. The number of halogens is 2. The molecule has 1 saturated carbocycles. The summed E-state index contributed by atoms with van der Waals surface area (Å²) in [6, 6.07) is 2.96. The van der Waals surface area contributed by atoms with E-state index in [-0.39, 0.29) is 27.6 Å². The van der Waals surface area contributed by atoms with Gasteiger partial charge in [-0.2, -0.15) is 0 Å². The van der Waals surface area contributed by atoms with Crippen molar-refractivity contribution in [1.82, 2.24) is 0 Å². The molecule has 1 fully saturated rings. The van der Waals surface area contributed by atoms with Crippen molar-refractivity contribution in [2.24, 2.45) is 0 Å². The molecule has 4 nitrogen and oxygen atoms in total. The van der Waals surface area contributed by atoms with Gasteiger partial charge in [-0.05, 0) is 44.7 Å². The minimum absolute atomic E-state index is 0.0483. The summed E-state index contributed by atoms with van der Waals surface area (Å²) in [4.78, 5) is 23.2. The van der Waals surface area contributed by atoms with E-state index in [1.165, 1.54) is 25.5 Å². The maximum atomic E-state index is 11.9. The molecule has 1 aromatic carbocycles. The zero-order chi connectivity index (χ0) is 15.4. The molecule has 0 heterocycles. The van der Waals surface area contributed by atoms with Crippen LogP contribution in [0.1, 0.15) is 49.4 Å². The van der Waals surface area contributed by atoms with Gasteiger partial charge in [0.25, 0.3) is 0 Å². The Kier molecular flexibility index (Phi) is 5.48. The average Bonchev–Trinajstić information content (AvgIpc) is 2.43. The average molecular weight is 330 g/mol. The van der Waals surface area contributed by atoms with Crippen LogP contribution in [0, 0.1) is 0 Å². The third-order valence-electron chi connectivity index (χ3n) is 3.50. The molecule has 1 aromatic rings. The lowest BCUT2D eigenvalue weighted by atomic mass is 9.98. The molecule has 0 aromatic heterocycles. The van der Waals surface area contributed by atoms with Crippen LogP contribution in [0.15, 0.2) is 12.1 Å². The lowest BCUT2D eigenvalue weighted by Gasteiger charge is -2.22. The predicted molar refractivity (Wildman–Crippen MR) is 83.4 cm³/mol. The van der Waals surface area contributed by atoms with Gasteiger partial charge in [-0.3, -0.25) is 10.1 Å². The molecular formula is C15H17Cl2NO3. The van der Waals surface area contributed by atoms with Crippen molar-refractivity contribution >= 4 is 40.8 Å². The fraction of sp³-hybridized carbons (Fsp3) is 0.467. The number of benzene rings is 1. The Morgan fingerprint density at radius 1 is 1.14 bits per heavy atom. The summed E-state index contributed by atoms with van der Waals surface area (Å²) in [7, 11) is 0. The fourth-order valence-electron chi connectivity index (χ4n) is 2.36. The monoisotopic (exact) mass is 329 g/mol. The first-order valence-corrected chi connectivity index (χ1v) is 7.70. The Morgan fingerprint density at radius 2 is 1.71 bits per heavy atom. The molecule has 6 heteroatoms. The number of Topliss-reactive ketones (excluding diaryl/α,β-unsaturated/α-hetero) is 1. The summed E-state index contributed by atoms with van der Waals surface area (Å²) in [6.45, 7) is 1.42. The molecule has 0 radical (unpaired) electrons. The first-order valence-electron chi connectivity index (χ1n) is 6.95. The van der Waals surface area contributed by atoms with Gasteiger partial charge in [-0.15, -0.1) is 0 Å². The highest BCUT2D eigenvalue weighted by atomic mass is 35.5. The number of carbonyl (C=O) groups excluding carboxylic acids is 2. The Bertz CT molecular complexity index is 531. The number of rotatable bonds is 3. The molecule has 2 rings (SSSR count). The molecule has 21 heavy (non-hydrogen) atoms. The minimum Gasteiger partial charge on any atom is -0.446 e. The molecule has 0 atom stereocenters. The number of ketones is 1. The number of carbonyl (C=O) groups is 2. The molecule has 114 valence electrons. The van der Waals surface area contributed by atoms with Crippen molar-refractivity contribution in [3.63, 3.8) is 0 Å². The van der Waals surface area contributed by atoms with Gasteiger partial charge in [-0.25, -0.2) is 4.79 Å². The maximum absolute atomic E-state index is 11.9. The number of amides is 1. The second kappa shape index (κ2) is 7.14. The molecule has 1 aliphatic carbocycles. The minimum atomic E-state index is -0.568. The van der Waals surface area contributed by atoms with Gasteiger partial charge in [0.2, 0.25) is 0 Å². The largest absolute Gasteiger partial charge is 0.446 e. The van der Waals surface area contributed by atoms with E-state index in [4.69, 9.17) is 27.9 Å². The lowest BCUT2D eigenvalue weighted by Crippen LogP contribution is -2.24. The summed E-state index contributed by atoms with van der Waals surface area (Å²) in [5.74, 6) is -0.143. The van der Waals surface area contributed by atoms with Gasteiger partial charge in [0.1, 0.15) is 6.10 Å². The zero-order valence-corrected chi connectivity index (χ0v) is 13.3. The first-order chi connectivity index (χ1) is 9.97. The first kappa shape index (κ1) is 16.1. The maximum Gasteiger partial charge on any atom is 0.411 e. The summed E-state index contributed by atoms with van der Waals surface area (Å²) >= 11 is 12.1. The topological polar surface area (TPSA) is 55.4 Å². The number of hydrogen-bond acceptors (Lipinski definition) is 3. The summed E-state index contributed by atoms with van der Waals surface area (Å²) < 4.78 is 5.35. The standard InChI is InChI=1S/C15H17Cl2NO3/c1-9(19)10-7-12(16)14(13(17)8-10)18-15(20)21-11-5-3-2-4-6-11/h7-8,11H,2-6H2,1H3,(H,18,20). The van der Waals surface area contributed by atoms with Crippen LogP contribution in [0.4, 0.5) is 10.5 Å². The van der Waals surface area contributed by atoms with Gasteiger partial charge in [0.15, 0.2) is 5.78 Å². The van der Waals surface area contributed by atoms with Crippen LogP contribution >= 0.6 is 23.2 Å². The van der Waals surface area contributed by atoms with E-state index in [1.54, 1.807) is 0 Å².